The van der Waals surface area contributed by atoms with Crippen LogP contribution in [0.5, 0.6) is 5.75 Å². The predicted molar refractivity (Wildman–Crippen MR) is 74.5 cm³/mol. The van der Waals surface area contributed by atoms with Gasteiger partial charge in [0.05, 0.1) is 12.8 Å². The molecule has 8 nitrogen and oxygen atoms in total. The molecule has 8 heteroatoms. The van der Waals surface area contributed by atoms with Crippen LogP contribution in [0.3, 0.4) is 0 Å². The number of carbonyl (C=O) groups excluding carboxylic acids is 1. The molecule has 0 aliphatic heterocycles. The van der Waals surface area contributed by atoms with Crippen LogP contribution in [0.15, 0.2) is 34.5 Å². The van der Waals surface area contributed by atoms with E-state index >= 15 is 0 Å². The van der Waals surface area contributed by atoms with E-state index in [1.165, 1.54) is 6.92 Å². The number of nitrogens with two attached hydrogens (primary N) is 2. The van der Waals surface area contributed by atoms with Crippen LogP contribution < -0.4 is 16.2 Å². The van der Waals surface area contributed by atoms with Gasteiger partial charge in [0.25, 0.3) is 0 Å². The topological polar surface area (TPSA) is 121 Å². The molecule has 1 heterocycles. The van der Waals surface area contributed by atoms with Gasteiger partial charge in [0, 0.05) is 13.0 Å². The van der Waals surface area contributed by atoms with Crippen LogP contribution in [0.1, 0.15) is 11.7 Å². The maximum atomic E-state index is 11.3. The second-order valence-corrected chi connectivity index (χ2v) is 3.95. The summed E-state index contributed by atoms with van der Waals surface area (Å²) in [7, 11) is 1.56. The first-order valence-corrected chi connectivity index (χ1v) is 5.73. The fraction of sp³-hybridized carbons (Fsp3) is 0.167. The first kappa shape index (κ1) is 13.5. The molecule has 0 spiro atoms. The van der Waals surface area contributed by atoms with Crippen molar-refractivity contribution in [1.29, 1.82) is 0 Å². The number of hydrogen-bond acceptors (Lipinski definition) is 7. The molecule has 20 heavy (non-hydrogen) atoms. The molecule has 2 aromatic rings. The van der Waals surface area contributed by atoms with Crippen molar-refractivity contribution in [3.63, 3.8) is 0 Å². The highest BCUT2D eigenvalue weighted by Gasteiger charge is 2.15. The average molecular weight is 274 g/mol. The Morgan fingerprint density at radius 2 is 2.10 bits per heavy atom. The van der Waals surface area contributed by atoms with Crippen LogP contribution in [-0.2, 0) is 0 Å². The summed E-state index contributed by atoms with van der Waals surface area (Å²) >= 11 is 0. The molecule has 0 aliphatic rings. The minimum Gasteiger partial charge on any atom is -0.497 e. The highest BCUT2D eigenvalue weighted by atomic mass is 16.5. The van der Waals surface area contributed by atoms with Crippen molar-refractivity contribution in [3.8, 4) is 5.75 Å². The van der Waals surface area contributed by atoms with E-state index in [9.17, 15) is 4.79 Å². The van der Waals surface area contributed by atoms with Crippen LogP contribution in [0.2, 0.25) is 0 Å². The van der Waals surface area contributed by atoms with Gasteiger partial charge >= 0.3 is 0 Å². The lowest BCUT2D eigenvalue weighted by atomic mass is 10.3. The van der Waals surface area contributed by atoms with Gasteiger partial charge in [0.15, 0.2) is 17.3 Å². The standard InChI is InChI=1S/C12H14N6O2/c1-7(19)18-12(14)10(11(13)17-18)16-15-8-4-3-5-9(6-8)20-2/h3-6H,14H2,1-2H3,(H2,13,17). The number of methoxy groups -OCH3 is 1. The molecule has 0 amide bonds. The number of ether oxygens (including phenoxy) is 1. The van der Waals surface area contributed by atoms with Gasteiger partial charge in [-0.2, -0.15) is 9.80 Å². The van der Waals surface area contributed by atoms with Gasteiger partial charge in [-0.3, -0.25) is 4.79 Å². The molecule has 0 radical (unpaired) electrons. The second-order valence-electron chi connectivity index (χ2n) is 3.95. The number of nitrogens with zero attached hydrogens (tertiary/aromatic N) is 4. The second kappa shape index (κ2) is 5.39. The van der Waals surface area contributed by atoms with Gasteiger partial charge < -0.3 is 16.2 Å². The van der Waals surface area contributed by atoms with Crippen molar-refractivity contribution in [3.05, 3.63) is 24.3 Å². The van der Waals surface area contributed by atoms with Crippen molar-refractivity contribution in [2.45, 2.75) is 6.92 Å². The van der Waals surface area contributed by atoms with Gasteiger partial charge in [-0.25, -0.2) is 0 Å². The van der Waals surface area contributed by atoms with Crippen molar-refractivity contribution in [2.24, 2.45) is 10.2 Å². The van der Waals surface area contributed by atoms with E-state index in [-0.39, 0.29) is 23.2 Å². The van der Waals surface area contributed by atoms with Gasteiger partial charge in [0.2, 0.25) is 5.91 Å². The molecule has 0 fully saturated rings. The van der Waals surface area contributed by atoms with E-state index in [1.54, 1.807) is 31.4 Å². The predicted octanol–water partition coefficient (Wildman–Crippen LogP) is 2.13. The first-order chi connectivity index (χ1) is 9.52. The van der Waals surface area contributed by atoms with E-state index in [2.05, 4.69) is 15.3 Å². The minimum atomic E-state index is -0.350. The Hall–Kier alpha value is -2.90. The fourth-order valence-electron chi connectivity index (χ4n) is 1.56. The summed E-state index contributed by atoms with van der Waals surface area (Å²) in [5, 5.41) is 11.7. The van der Waals surface area contributed by atoms with Crippen LogP contribution in [0, 0.1) is 0 Å². The molecule has 2 rings (SSSR count). The molecular weight excluding hydrogens is 260 g/mol. The minimum absolute atomic E-state index is 0.0457. The Morgan fingerprint density at radius 3 is 2.70 bits per heavy atom. The van der Waals surface area contributed by atoms with Crippen molar-refractivity contribution in [1.82, 2.24) is 9.78 Å². The molecule has 0 bridgehead atoms. The Morgan fingerprint density at radius 1 is 1.35 bits per heavy atom. The van der Waals surface area contributed by atoms with Crippen LogP contribution >= 0.6 is 0 Å². The molecule has 0 atom stereocenters. The van der Waals surface area contributed by atoms with E-state index < -0.39 is 0 Å². The highest BCUT2D eigenvalue weighted by Crippen LogP contribution is 2.31. The molecule has 104 valence electrons. The highest BCUT2D eigenvalue weighted by molar-refractivity contribution is 5.85. The maximum absolute atomic E-state index is 11.3. The lowest BCUT2D eigenvalue weighted by Crippen LogP contribution is -2.10. The fourth-order valence-corrected chi connectivity index (χ4v) is 1.56. The van der Waals surface area contributed by atoms with Crippen molar-refractivity contribution < 1.29 is 9.53 Å². The molecule has 1 aromatic heterocycles. The van der Waals surface area contributed by atoms with Crippen molar-refractivity contribution >= 4 is 28.9 Å². The number of anilines is 2. The Labute approximate surface area is 115 Å². The summed E-state index contributed by atoms with van der Waals surface area (Å²) in [6.07, 6.45) is 0. The third-order valence-corrected chi connectivity index (χ3v) is 2.54. The van der Waals surface area contributed by atoms with Crippen LogP contribution in [0.4, 0.5) is 23.0 Å². The molecule has 0 aliphatic carbocycles. The monoisotopic (exact) mass is 274 g/mol. The Bertz CT molecular complexity index is 677. The summed E-state index contributed by atoms with van der Waals surface area (Å²) in [5.41, 5.74) is 12.1. The average Bonchev–Trinajstić information content (AvgIpc) is 2.72. The molecule has 4 N–H and O–H groups in total. The summed E-state index contributed by atoms with van der Waals surface area (Å²) < 4.78 is 6.06. The summed E-state index contributed by atoms with van der Waals surface area (Å²) in [5.74, 6) is 0.407. The lowest BCUT2D eigenvalue weighted by molar-refractivity contribution is 0.0924. The zero-order valence-corrected chi connectivity index (χ0v) is 11.1. The molecule has 0 saturated carbocycles. The third-order valence-electron chi connectivity index (χ3n) is 2.54. The summed E-state index contributed by atoms with van der Waals surface area (Å²) in [6, 6.07) is 7.01. The number of hydrogen-bond donors (Lipinski definition) is 2. The normalized spacial score (nSPS) is 10.9. The summed E-state index contributed by atoms with van der Waals surface area (Å²) in [6.45, 7) is 1.33. The number of benzene rings is 1. The number of azo groups is 1. The lowest BCUT2D eigenvalue weighted by Gasteiger charge is -1.99. The van der Waals surface area contributed by atoms with E-state index in [1.807, 2.05) is 0 Å². The number of carbonyl (C=O) groups is 1. The number of nitrogen functional groups attached to an aromatic ring is 2. The SMILES string of the molecule is COc1cccc(N=Nc2c(N)nn(C(C)=O)c2N)c1. The molecule has 1 aromatic carbocycles. The van der Waals surface area contributed by atoms with Gasteiger partial charge in [-0.1, -0.05) is 6.07 Å². The van der Waals surface area contributed by atoms with Gasteiger partial charge in [-0.05, 0) is 12.1 Å². The largest absolute Gasteiger partial charge is 0.497 e. The molecule has 0 unspecified atom stereocenters. The van der Waals surface area contributed by atoms with E-state index in [0.29, 0.717) is 11.4 Å². The van der Waals surface area contributed by atoms with Crippen LogP contribution in [0.25, 0.3) is 0 Å². The smallest absolute Gasteiger partial charge is 0.245 e. The molecular formula is C12H14N6O2. The summed E-state index contributed by atoms with van der Waals surface area (Å²) in [4.78, 5) is 11.3. The third kappa shape index (κ3) is 2.58. The number of aromatic nitrogens is 2. The molecule has 0 saturated heterocycles. The quantitative estimate of drug-likeness (QED) is 0.830. The van der Waals surface area contributed by atoms with Crippen LogP contribution in [-0.4, -0.2) is 22.8 Å². The van der Waals surface area contributed by atoms with E-state index in [4.69, 9.17) is 16.2 Å². The van der Waals surface area contributed by atoms with Gasteiger partial charge in [0.1, 0.15) is 5.75 Å². The zero-order valence-electron chi connectivity index (χ0n) is 11.1. The number of rotatable bonds is 3. The Balaban J connectivity index is 2.34. The Kier molecular flexibility index (Phi) is 3.65. The van der Waals surface area contributed by atoms with Gasteiger partial charge in [-0.15, -0.1) is 10.2 Å². The van der Waals surface area contributed by atoms with Crippen molar-refractivity contribution in [2.75, 3.05) is 18.6 Å². The first-order valence-electron chi connectivity index (χ1n) is 5.73. The zero-order chi connectivity index (χ0) is 14.7. The van der Waals surface area contributed by atoms with E-state index in [0.717, 1.165) is 4.68 Å². The maximum Gasteiger partial charge on any atom is 0.245 e.